The van der Waals surface area contributed by atoms with Crippen LogP contribution in [0.15, 0.2) is 47.5 Å². The van der Waals surface area contributed by atoms with E-state index in [1.165, 1.54) is 11.3 Å². The molecule has 168 valence electrons. The van der Waals surface area contributed by atoms with Crippen molar-refractivity contribution in [2.75, 3.05) is 30.3 Å². The normalized spacial score (nSPS) is 17.9. The predicted molar refractivity (Wildman–Crippen MR) is 132 cm³/mol. The third-order valence-corrected chi connectivity index (χ3v) is 6.61. The van der Waals surface area contributed by atoms with Crippen molar-refractivity contribution in [2.24, 2.45) is 4.99 Å². The number of likely N-dealkylation sites (tertiary alicyclic amines) is 1. The number of anilines is 2. The van der Waals surface area contributed by atoms with E-state index in [9.17, 15) is 4.79 Å². The summed E-state index contributed by atoms with van der Waals surface area (Å²) in [4.78, 5) is 19.4. The van der Waals surface area contributed by atoms with Crippen LogP contribution in [0.25, 0.3) is 0 Å². The van der Waals surface area contributed by atoms with Crippen molar-refractivity contribution in [3.63, 3.8) is 0 Å². The van der Waals surface area contributed by atoms with Gasteiger partial charge in [0.1, 0.15) is 5.84 Å². The van der Waals surface area contributed by atoms with Gasteiger partial charge in [-0.15, -0.1) is 10.2 Å². The number of hydrogen-bond donors (Lipinski definition) is 2. The molecule has 0 atom stereocenters. The molecule has 0 saturated carbocycles. The highest BCUT2D eigenvalue weighted by Crippen LogP contribution is 2.25. The molecule has 2 aliphatic heterocycles. The van der Waals surface area contributed by atoms with Crippen molar-refractivity contribution in [3.05, 3.63) is 58.1 Å². The van der Waals surface area contributed by atoms with Crippen LogP contribution in [0.4, 0.5) is 10.3 Å². The van der Waals surface area contributed by atoms with Gasteiger partial charge in [0.15, 0.2) is 0 Å². The quantitative estimate of drug-likeness (QED) is 0.627. The number of aliphatic imine (C=N–C) groups is 1. The molecule has 7 nitrogen and oxygen atoms in total. The first-order chi connectivity index (χ1) is 15.6. The molecule has 0 spiro atoms. The fourth-order valence-electron chi connectivity index (χ4n) is 3.60. The van der Waals surface area contributed by atoms with E-state index in [-0.39, 0.29) is 12.3 Å². The van der Waals surface area contributed by atoms with Gasteiger partial charge in [0.2, 0.25) is 16.2 Å². The van der Waals surface area contributed by atoms with Crippen LogP contribution in [0.3, 0.4) is 0 Å². The Labute approximate surface area is 201 Å². The van der Waals surface area contributed by atoms with Crippen LogP contribution in [0.2, 0.25) is 10.0 Å². The Kier molecular flexibility index (Phi) is 7.78. The molecule has 1 amide bonds. The standard InChI is InChI=1S/C22H24Cl2N6OS/c23-16-6-7-18(24)15(13-16)14-20(31)27-22-29-28-21(32-22)26-17-8-11-30(12-9-17)19-5-3-1-2-4-10-25-19/h1-3,5-7,13,17H,4,8-12,14H2,(H,26,28)(H,27,29,31)/b2-1+,5-3?,25-19?. The second-order valence-electron chi connectivity index (χ2n) is 7.59. The van der Waals surface area contributed by atoms with E-state index in [0.717, 1.165) is 44.7 Å². The summed E-state index contributed by atoms with van der Waals surface area (Å²) in [5.41, 5.74) is 0.672. The molecule has 1 aromatic heterocycles. The minimum atomic E-state index is -0.215. The van der Waals surface area contributed by atoms with Gasteiger partial charge >= 0.3 is 0 Å². The summed E-state index contributed by atoms with van der Waals surface area (Å²) >= 11 is 13.5. The summed E-state index contributed by atoms with van der Waals surface area (Å²) < 4.78 is 0. The summed E-state index contributed by atoms with van der Waals surface area (Å²) in [6, 6.07) is 5.38. The number of benzene rings is 1. The number of halogens is 2. The molecule has 0 bridgehead atoms. The maximum Gasteiger partial charge on any atom is 0.230 e. The number of piperidine rings is 1. The second-order valence-corrected chi connectivity index (χ2v) is 9.42. The molecular weight excluding hydrogens is 467 g/mol. The number of amides is 1. The van der Waals surface area contributed by atoms with Gasteiger partial charge in [0.05, 0.1) is 6.42 Å². The number of hydrogen-bond acceptors (Lipinski definition) is 7. The maximum atomic E-state index is 12.4. The number of carbonyl (C=O) groups excluding carboxylic acids is 1. The molecule has 1 fully saturated rings. The fourth-order valence-corrected chi connectivity index (χ4v) is 4.72. The molecular formula is C22H24Cl2N6OS. The van der Waals surface area contributed by atoms with E-state index in [4.69, 9.17) is 28.2 Å². The molecule has 0 unspecified atom stereocenters. The van der Waals surface area contributed by atoms with Gasteiger partial charge < -0.3 is 15.5 Å². The number of rotatable bonds is 5. The minimum absolute atomic E-state index is 0.119. The summed E-state index contributed by atoms with van der Waals surface area (Å²) in [5.74, 6) is 0.849. The first kappa shape index (κ1) is 22.8. The zero-order valence-electron chi connectivity index (χ0n) is 17.4. The summed E-state index contributed by atoms with van der Waals surface area (Å²) in [7, 11) is 0. The highest BCUT2D eigenvalue weighted by molar-refractivity contribution is 7.19. The Bertz CT molecular complexity index is 1040. The Morgan fingerprint density at radius 1 is 1.16 bits per heavy atom. The van der Waals surface area contributed by atoms with Crippen molar-refractivity contribution >= 4 is 56.5 Å². The molecule has 1 aromatic carbocycles. The van der Waals surface area contributed by atoms with Crippen molar-refractivity contribution in [2.45, 2.75) is 31.7 Å². The van der Waals surface area contributed by atoms with Gasteiger partial charge in [-0.1, -0.05) is 52.8 Å². The van der Waals surface area contributed by atoms with E-state index < -0.39 is 0 Å². The van der Waals surface area contributed by atoms with Crippen molar-refractivity contribution in [1.29, 1.82) is 0 Å². The lowest BCUT2D eigenvalue weighted by Gasteiger charge is -2.33. The van der Waals surface area contributed by atoms with Crippen LogP contribution in [-0.2, 0) is 11.2 Å². The van der Waals surface area contributed by atoms with E-state index in [0.29, 0.717) is 31.9 Å². The fraction of sp³-hybridized carbons (Fsp3) is 0.364. The lowest BCUT2D eigenvalue weighted by molar-refractivity contribution is -0.115. The molecule has 4 rings (SSSR count). The van der Waals surface area contributed by atoms with Crippen LogP contribution in [0.1, 0.15) is 24.8 Å². The molecule has 32 heavy (non-hydrogen) atoms. The highest BCUT2D eigenvalue weighted by atomic mass is 35.5. The zero-order chi connectivity index (χ0) is 22.3. The number of aromatic nitrogens is 2. The molecule has 2 aromatic rings. The Morgan fingerprint density at radius 2 is 1.97 bits per heavy atom. The SMILES string of the molecule is O=C(Cc1cc(Cl)ccc1Cl)Nc1nnc(NC2CCN(C3=NCC/C=C/C=C3)CC2)s1. The van der Waals surface area contributed by atoms with Gasteiger partial charge in [-0.2, -0.15) is 0 Å². The number of nitrogens with zero attached hydrogens (tertiary/aromatic N) is 4. The van der Waals surface area contributed by atoms with Gasteiger partial charge in [-0.3, -0.25) is 9.79 Å². The third-order valence-electron chi connectivity index (χ3n) is 5.24. The second kappa shape index (κ2) is 10.9. The molecule has 3 heterocycles. The topological polar surface area (TPSA) is 82.5 Å². The average molecular weight is 491 g/mol. The van der Waals surface area contributed by atoms with Crippen LogP contribution in [0, 0.1) is 0 Å². The lowest BCUT2D eigenvalue weighted by Crippen LogP contribution is -2.42. The average Bonchev–Trinajstić information content (AvgIpc) is 3.18. The molecule has 0 aliphatic carbocycles. The van der Waals surface area contributed by atoms with Gasteiger partial charge in [0.25, 0.3) is 0 Å². The van der Waals surface area contributed by atoms with Crippen molar-refractivity contribution < 1.29 is 4.79 Å². The number of carbonyl (C=O) groups is 1. The van der Waals surface area contributed by atoms with Crippen LogP contribution < -0.4 is 10.6 Å². The number of allylic oxidation sites excluding steroid dienone is 2. The van der Waals surface area contributed by atoms with Gasteiger partial charge in [-0.05, 0) is 49.1 Å². The lowest BCUT2D eigenvalue weighted by atomic mass is 10.1. The Morgan fingerprint density at radius 3 is 2.81 bits per heavy atom. The van der Waals surface area contributed by atoms with Crippen LogP contribution in [0.5, 0.6) is 0 Å². The van der Waals surface area contributed by atoms with Crippen molar-refractivity contribution in [3.8, 4) is 0 Å². The van der Waals surface area contributed by atoms with E-state index in [1.54, 1.807) is 18.2 Å². The molecule has 0 radical (unpaired) electrons. The maximum absolute atomic E-state index is 12.4. The summed E-state index contributed by atoms with van der Waals surface area (Å²) in [6.07, 6.45) is 11.4. The first-order valence-electron chi connectivity index (χ1n) is 10.5. The minimum Gasteiger partial charge on any atom is -0.357 e. The number of amidine groups is 1. The molecule has 2 aliphatic rings. The Balaban J connectivity index is 1.26. The molecule has 2 N–H and O–H groups in total. The van der Waals surface area contributed by atoms with Crippen molar-refractivity contribution in [1.82, 2.24) is 15.1 Å². The molecule has 1 saturated heterocycles. The third kappa shape index (κ3) is 6.31. The van der Waals surface area contributed by atoms with E-state index in [1.807, 2.05) is 0 Å². The number of nitrogens with one attached hydrogen (secondary N) is 2. The van der Waals surface area contributed by atoms with Crippen LogP contribution in [-0.4, -0.2) is 52.5 Å². The summed E-state index contributed by atoms with van der Waals surface area (Å²) in [5, 5.41) is 16.7. The van der Waals surface area contributed by atoms with Gasteiger partial charge in [0, 0.05) is 35.7 Å². The smallest absolute Gasteiger partial charge is 0.230 e. The molecule has 10 heteroatoms. The summed E-state index contributed by atoms with van der Waals surface area (Å²) in [6.45, 7) is 2.71. The first-order valence-corrected chi connectivity index (χ1v) is 12.1. The van der Waals surface area contributed by atoms with Gasteiger partial charge in [-0.25, -0.2) is 0 Å². The Hall–Kier alpha value is -2.42. The predicted octanol–water partition coefficient (Wildman–Crippen LogP) is 4.82. The highest BCUT2D eigenvalue weighted by Gasteiger charge is 2.22. The largest absolute Gasteiger partial charge is 0.357 e. The van der Waals surface area contributed by atoms with E-state index in [2.05, 4.69) is 50.0 Å². The zero-order valence-corrected chi connectivity index (χ0v) is 19.8. The van der Waals surface area contributed by atoms with Crippen LogP contribution >= 0.6 is 34.5 Å². The monoisotopic (exact) mass is 490 g/mol. The van der Waals surface area contributed by atoms with E-state index >= 15 is 0 Å².